The van der Waals surface area contributed by atoms with Gasteiger partial charge in [-0.25, -0.2) is 4.39 Å². The van der Waals surface area contributed by atoms with Crippen LogP contribution < -0.4 is 0 Å². The smallest absolute Gasteiger partial charge is 0.194 e. The van der Waals surface area contributed by atoms with Crippen LogP contribution in [0.25, 0.3) is 0 Å². The van der Waals surface area contributed by atoms with Gasteiger partial charge in [0.1, 0.15) is 11.4 Å². The number of hydrogen-bond donors (Lipinski definition) is 0. The maximum absolute atomic E-state index is 13.5. The highest BCUT2D eigenvalue weighted by atomic mass is 19.1. The lowest BCUT2D eigenvalue weighted by molar-refractivity contribution is -0.0511. The Morgan fingerprint density at radius 3 is 2.80 bits per heavy atom. The van der Waals surface area contributed by atoms with E-state index >= 15 is 0 Å². The molecule has 110 valence electrons. The fourth-order valence-corrected chi connectivity index (χ4v) is 3.31. The van der Waals surface area contributed by atoms with Crippen LogP contribution in [0.5, 0.6) is 0 Å². The molecule has 0 heterocycles. The number of benzene rings is 1. The largest absolute Gasteiger partial charge is 0.367 e. The summed E-state index contributed by atoms with van der Waals surface area (Å²) >= 11 is 0. The first-order valence-electron chi connectivity index (χ1n) is 7.43. The van der Waals surface area contributed by atoms with Gasteiger partial charge in [-0.1, -0.05) is 13.3 Å². The Hall–Kier alpha value is -1.22. The second-order valence-electron chi connectivity index (χ2n) is 5.98. The molecule has 1 aromatic rings. The maximum atomic E-state index is 13.5. The molecule has 3 heteroatoms. The zero-order valence-electron chi connectivity index (χ0n) is 12.5. The molecule has 1 fully saturated rings. The van der Waals surface area contributed by atoms with E-state index in [0.29, 0.717) is 18.1 Å². The van der Waals surface area contributed by atoms with E-state index in [1.165, 1.54) is 12.1 Å². The monoisotopic (exact) mass is 278 g/mol. The van der Waals surface area contributed by atoms with Crippen LogP contribution in [0.15, 0.2) is 18.2 Å². The number of hydrogen-bond acceptors (Lipinski definition) is 2. The lowest BCUT2D eigenvalue weighted by Gasteiger charge is -2.38. The molecule has 0 spiro atoms. The van der Waals surface area contributed by atoms with Crippen LogP contribution in [0.1, 0.15) is 55.5 Å². The Kier molecular flexibility index (Phi) is 4.59. The van der Waals surface area contributed by atoms with Crippen molar-refractivity contribution in [3.8, 4) is 0 Å². The molecule has 2 unspecified atom stereocenters. The van der Waals surface area contributed by atoms with Crippen LogP contribution in [0.3, 0.4) is 0 Å². The average molecular weight is 278 g/mol. The minimum atomic E-state index is -0.757. The Morgan fingerprint density at radius 2 is 2.20 bits per heavy atom. The molecule has 0 radical (unpaired) electrons. The summed E-state index contributed by atoms with van der Waals surface area (Å²) in [5, 5.41) is 0. The van der Waals surface area contributed by atoms with Gasteiger partial charge >= 0.3 is 0 Å². The SMILES string of the molecule is CCOC1(C(=O)c2cc(C)cc(F)c2)CCCC(C)C1. The highest BCUT2D eigenvalue weighted by Crippen LogP contribution is 2.37. The molecular weight excluding hydrogens is 255 g/mol. The molecule has 1 aliphatic rings. The van der Waals surface area contributed by atoms with Crippen LogP contribution in [-0.4, -0.2) is 18.0 Å². The number of ketones is 1. The minimum Gasteiger partial charge on any atom is -0.367 e. The molecule has 2 rings (SSSR count). The van der Waals surface area contributed by atoms with Crippen molar-refractivity contribution in [3.05, 3.63) is 35.1 Å². The van der Waals surface area contributed by atoms with E-state index in [1.54, 1.807) is 13.0 Å². The lowest BCUT2D eigenvalue weighted by Crippen LogP contribution is -2.45. The molecule has 0 aliphatic heterocycles. The summed E-state index contributed by atoms with van der Waals surface area (Å²) in [6.07, 6.45) is 3.58. The third-order valence-electron chi connectivity index (χ3n) is 4.09. The maximum Gasteiger partial charge on any atom is 0.194 e. The van der Waals surface area contributed by atoms with Crippen LogP contribution in [0.2, 0.25) is 0 Å². The molecule has 0 N–H and O–H groups in total. The molecule has 1 saturated carbocycles. The van der Waals surface area contributed by atoms with Gasteiger partial charge in [-0.05, 0) is 62.8 Å². The molecule has 2 atom stereocenters. The van der Waals surface area contributed by atoms with Crippen LogP contribution >= 0.6 is 0 Å². The normalized spacial score (nSPS) is 26.5. The summed E-state index contributed by atoms with van der Waals surface area (Å²) in [5.74, 6) is 0.0475. The van der Waals surface area contributed by atoms with E-state index in [-0.39, 0.29) is 11.6 Å². The van der Waals surface area contributed by atoms with Crippen molar-refractivity contribution in [3.63, 3.8) is 0 Å². The first-order valence-corrected chi connectivity index (χ1v) is 7.43. The summed E-state index contributed by atoms with van der Waals surface area (Å²) in [5.41, 5.74) is 0.445. The molecule has 20 heavy (non-hydrogen) atoms. The highest BCUT2D eigenvalue weighted by molar-refractivity contribution is 6.02. The van der Waals surface area contributed by atoms with Crippen molar-refractivity contribution >= 4 is 5.78 Å². The van der Waals surface area contributed by atoms with Crippen molar-refractivity contribution in [1.82, 2.24) is 0 Å². The van der Waals surface area contributed by atoms with Crippen molar-refractivity contribution in [2.45, 2.75) is 52.1 Å². The Balaban J connectivity index is 2.35. The van der Waals surface area contributed by atoms with Gasteiger partial charge in [0, 0.05) is 12.2 Å². The zero-order valence-corrected chi connectivity index (χ0v) is 12.5. The fraction of sp³-hybridized carbons (Fsp3) is 0.588. The quantitative estimate of drug-likeness (QED) is 0.767. The predicted octanol–water partition coefficient (Wildman–Crippen LogP) is 4.30. The molecular formula is C17H23FO2. The number of ether oxygens (including phenoxy) is 1. The number of halogens is 1. The Morgan fingerprint density at radius 1 is 1.45 bits per heavy atom. The molecule has 0 saturated heterocycles. The predicted molar refractivity (Wildman–Crippen MR) is 77.5 cm³/mol. The number of Topliss-reactive ketones (excluding diaryl/α,β-unsaturated/α-hetero) is 1. The summed E-state index contributed by atoms with van der Waals surface area (Å²) in [6.45, 7) is 6.37. The van der Waals surface area contributed by atoms with Gasteiger partial charge in [0.15, 0.2) is 5.78 Å². The number of aryl methyl sites for hydroxylation is 1. The van der Waals surface area contributed by atoms with Gasteiger partial charge < -0.3 is 4.74 Å². The third-order valence-corrected chi connectivity index (χ3v) is 4.09. The first kappa shape index (κ1) is 15.2. The second kappa shape index (κ2) is 6.04. The summed E-state index contributed by atoms with van der Waals surface area (Å²) < 4.78 is 19.4. The number of carbonyl (C=O) groups excluding carboxylic acids is 1. The van der Waals surface area contributed by atoms with Crippen molar-refractivity contribution in [2.75, 3.05) is 6.61 Å². The molecule has 0 bridgehead atoms. The highest BCUT2D eigenvalue weighted by Gasteiger charge is 2.42. The van der Waals surface area contributed by atoms with Gasteiger partial charge in [0.05, 0.1) is 0 Å². The summed E-state index contributed by atoms with van der Waals surface area (Å²) in [7, 11) is 0. The zero-order chi connectivity index (χ0) is 14.8. The molecule has 0 aromatic heterocycles. The van der Waals surface area contributed by atoms with Crippen LogP contribution in [-0.2, 0) is 4.74 Å². The molecule has 0 amide bonds. The molecule has 1 aliphatic carbocycles. The Labute approximate surface area is 120 Å². The fourth-order valence-electron chi connectivity index (χ4n) is 3.31. The molecule has 2 nitrogen and oxygen atoms in total. The van der Waals surface area contributed by atoms with Crippen molar-refractivity contribution in [1.29, 1.82) is 0 Å². The lowest BCUT2D eigenvalue weighted by atomic mass is 9.74. The second-order valence-corrected chi connectivity index (χ2v) is 5.98. The average Bonchev–Trinajstić information content (AvgIpc) is 2.37. The molecule has 1 aromatic carbocycles. The van der Waals surface area contributed by atoms with Gasteiger partial charge in [0.25, 0.3) is 0 Å². The summed E-state index contributed by atoms with van der Waals surface area (Å²) in [4.78, 5) is 12.9. The number of carbonyl (C=O) groups is 1. The van der Waals surface area contributed by atoms with E-state index in [2.05, 4.69) is 6.92 Å². The third kappa shape index (κ3) is 3.09. The van der Waals surface area contributed by atoms with E-state index in [4.69, 9.17) is 4.74 Å². The number of rotatable bonds is 4. The van der Waals surface area contributed by atoms with E-state index in [9.17, 15) is 9.18 Å². The first-order chi connectivity index (χ1) is 9.47. The summed E-state index contributed by atoms with van der Waals surface area (Å²) in [6, 6.07) is 4.52. The van der Waals surface area contributed by atoms with E-state index < -0.39 is 5.60 Å². The van der Waals surface area contributed by atoms with Crippen LogP contribution in [0.4, 0.5) is 4.39 Å². The van der Waals surface area contributed by atoms with Crippen molar-refractivity contribution in [2.24, 2.45) is 5.92 Å². The van der Waals surface area contributed by atoms with Gasteiger partial charge in [-0.3, -0.25) is 4.79 Å². The Bertz CT molecular complexity index is 474. The van der Waals surface area contributed by atoms with Gasteiger partial charge in [-0.15, -0.1) is 0 Å². The van der Waals surface area contributed by atoms with E-state index in [1.807, 2.05) is 6.92 Å². The standard InChI is InChI=1S/C17H23FO2/c1-4-20-17(7-5-6-12(2)11-17)16(19)14-8-13(3)9-15(18)10-14/h8-10,12H,4-7,11H2,1-3H3. The van der Waals surface area contributed by atoms with Gasteiger partial charge in [-0.2, -0.15) is 0 Å². The topological polar surface area (TPSA) is 26.3 Å². The van der Waals surface area contributed by atoms with Crippen LogP contribution in [0, 0.1) is 18.7 Å². The van der Waals surface area contributed by atoms with E-state index in [0.717, 1.165) is 31.2 Å². The minimum absolute atomic E-state index is 0.0616. The van der Waals surface area contributed by atoms with Gasteiger partial charge in [0.2, 0.25) is 0 Å². The van der Waals surface area contributed by atoms with Crippen molar-refractivity contribution < 1.29 is 13.9 Å².